The van der Waals surface area contributed by atoms with Crippen LogP contribution in [-0.4, -0.2) is 26.9 Å². The fourth-order valence-electron chi connectivity index (χ4n) is 3.93. The largest absolute Gasteiger partial charge is 0.331 e. The van der Waals surface area contributed by atoms with Crippen molar-refractivity contribution in [3.05, 3.63) is 99.2 Å². The van der Waals surface area contributed by atoms with Crippen LogP contribution >= 0.6 is 0 Å². The van der Waals surface area contributed by atoms with Crippen LogP contribution in [0.2, 0.25) is 0 Å². The average Bonchev–Trinajstić information content (AvgIpc) is 2.71. The van der Waals surface area contributed by atoms with E-state index in [-0.39, 0.29) is 23.1 Å². The predicted molar refractivity (Wildman–Crippen MR) is 108 cm³/mol. The number of pyridine rings is 2. The maximum atomic E-state index is 13.4. The normalized spacial score (nSPS) is 15.9. The zero-order valence-corrected chi connectivity index (χ0v) is 16.1. The van der Waals surface area contributed by atoms with Gasteiger partial charge in [0.05, 0.1) is 12.6 Å². The summed E-state index contributed by atoms with van der Waals surface area (Å²) in [6.45, 7) is 4.87. The molecule has 0 radical (unpaired) electrons. The molecule has 3 heterocycles. The molecule has 5 heteroatoms. The lowest BCUT2D eigenvalue weighted by Gasteiger charge is -2.35. The molecule has 1 aromatic carbocycles. The van der Waals surface area contributed by atoms with E-state index in [4.69, 9.17) is 0 Å². The van der Waals surface area contributed by atoms with Gasteiger partial charge in [-0.05, 0) is 54.7 Å². The van der Waals surface area contributed by atoms with E-state index < -0.39 is 0 Å². The number of aryl methyl sites for hydroxylation is 1. The Hall–Kier alpha value is -3.21. The third-order valence-corrected chi connectivity index (χ3v) is 5.52. The minimum Gasteiger partial charge on any atom is -0.331 e. The standard InChI is InChI=1S/C23H23N3O2/c1-16-9-12-25(15-18-6-5-11-24-14-18)22(27)21(16)23(28)26-13-10-19-7-3-4-8-20(19)17(26)2/h3-9,11-12,14,17H,10,13,15H2,1-2H3. The molecule has 0 aliphatic carbocycles. The van der Waals surface area contributed by atoms with Crippen molar-refractivity contribution in [2.75, 3.05) is 6.54 Å². The highest BCUT2D eigenvalue weighted by Gasteiger charge is 2.30. The molecule has 0 N–H and O–H groups in total. The van der Waals surface area contributed by atoms with Gasteiger partial charge in [0.2, 0.25) is 0 Å². The van der Waals surface area contributed by atoms with Gasteiger partial charge in [-0.25, -0.2) is 0 Å². The summed E-state index contributed by atoms with van der Waals surface area (Å²) in [6.07, 6.45) is 5.99. The second kappa shape index (κ2) is 7.43. The van der Waals surface area contributed by atoms with Crippen LogP contribution < -0.4 is 5.56 Å². The van der Waals surface area contributed by atoms with Gasteiger partial charge in [-0.1, -0.05) is 30.3 Å². The van der Waals surface area contributed by atoms with Crippen LogP contribution in [0.3, 0.4) is 0 Å². The van der Waals surface area contributed by atoms with Gasteiger partial charge in [0.25, 0.3) is 11.5 Å². The number of fused-ring (bicyclic) bond motifs is 1. The summed E-state index contributed by atoms with van der Waals surface area (Å²) in [5.41, 5.74) is 4.08. The van der Waals surface area contributed by atoms with Crippen LogP contribution in [0.5, 0.6) is 0 Å². The Morgan fingerprint density at radius 2 is 2.00 bits per heavy atom. The quantitative estimate of drug-likeness (QED) is 0.707. The van der Waals surface area contributed by atoms with Crippen molar-refractivity contribution in [1.82, 2.24) is 14.5 Å². The van der Waals surface area contributed by atoms with E-state index in [9.17, 15) is 9.59 Å². The maximum Gasteiger partial charge on any atom is 0.263 e. The molecule has 5 nitrogen and oxygen atoms in total. The molecule has 1 aliphatic rings. The summed E-state index contributed by atoms with van der Waals surface area (Å²) in [5.74, 6) is -0.190. The van der Waals surface area contributed by atoms with E-state index in [1.165, 1.54) is 5.56 Å². The molecular formula is C23H23N3O2. The lowest BCUT2D eigenvalue weighted by atomic mass is 9.93. The van der Waals surface area contributed by atoms with Gasteiger partial charge < -0.3 is 9.47 Å². The SMILES string of the molecule is Cc1ccn(Cc2cccnc2)c(=O)c1C(=O)N1CCc2ccccc2C1C. The molecule has 2 aromatic heterocycles. The van der Waals surface area contributed by atoms with Gasteiger partial charge in [0, 0.05) is 25.1 Å². The summed E-state index contributed by atoms with van der Waals surface area (Å²) in [5, 5.41) is 0. The summed E-state index contributed by atoms with van der Waals surface area (Å²) in [6, 6.07) is 13.8. The van der Waals surface area contributed by atoms with Crippen LogP contribution in [0.4, 0.5) is 0 Å². The Balaban J connectivity index is 1.68. The first kappa shape index (κ1) is 18.2. The smallest absolute Gasteiger partial charge is 0.263 e. The summed E-state index contributed by atoms with van der Waals surface area (Å²) >= 11 is 0. The number of amides is 1. The maximum absolute atomic E-state index is 13.4. The monoisotopic (exact) mass is 373 g/mol. The van der Waals surface area contributed by atoms with E-state index in [1.54, 1.807) is 23.2 Å². The van der Waals surface area contributed by atoms with Crippen molar-refractivity contribution < 1.29 is 4.79 Å². The molecule has 142 valence electrons. The molecule has 1 aliphatic heterocycles. The number of hydrogen-bond donors (Lipinski definition) is 0. The molecule has 1 amide bonds. The first-order valence-corrected chi connectivity index (χ1v) is 9.54. The van der Waals surface area contributed by atoms with Crippen LogP contribution in [0.25, 0.3) is 0 Å². The van der Waals surface area contributed by atoms with E-state index in [1.807, 2.05) is 49.1 Å². The molecule has 3 aromatic rings. The summed E-state index contributed by atoms with van der Waals surface area (Å²) < 4.78 is 1.58. The first-order chi connectivity index (χ1) is 13.6. The van der Waals surface area contributed by atoms with Crippen molar-refractivity contribution in [3.63, 3.8) is 0 Å². The molecule has 0 fully saturated rings. The third-order valence-electron chi connectivity index (χ3n) is 5.52. The molecule has 0 saturated carbocycles. The van der Waals surface area contributed by atoms with Crippen LogP contribution in [0.15, 0.2) is 65.8 Å². The fraction of sp³-hybridized carbons (Fsp3) is 0.261. The zero-order valence-electron chi connectivity index (χ0n) is 16.1. The summed E-state index contributed by atoms with van der Waals surface area (Å²) in [4.78, 5) is 32.4. The zero-order chi connectivity index (χ0) is 19.7. The molecule has 0 spiro atoms. The molecule has 1 atom stereocenters. The number of hydrogen-bond acceptors (Lipinski definition) is 3. The lowest BCUT2D eigenvalue weighted by Crippen LogP contribution is -2.42. The van der Waals surface area contributed by atoms with Crippen molar-refractivity contribution >= 4 is 5.91 Å². The molecular weight excluding hydrogens is 350 g/mol. The number of carbonyl (C=O) groups excluding carboxylic acids is 1. The van der Waals surface area contributed by atoms with E-state index in [0.29, 0.717) is 18.7 Å². The number of nitrogens with zero attached hydrogens (tertiary/aromatic N) is 3. The van der Waals surface area contributed by atoms with E-state index in [0.717, 1.165) is 17.5 Å². The Labute approximate surface area is 164 Å². The fourth-order valence-corrected chi connectivity index (χ4v) is 3.93. The number of carbonyl (C=O) groups is 1. The Morgan fingerprint density at radius 1 is 1.18 bits per heavy atom. The van der Waals surface area contributed by atoms with Crippen molar-refractivity contribution in [2.24, 2.45) is 0 Å². The first-order valence-electron chi connectivity index (χ1n) is 9.54. The highest BCUT2D eigenvalue weighted by molar-refractivity contribution is 5.95. The highest BCUT2D eigenvalue weighted by atomic mass is 16.2. The Bertz CT molecular complexity index is 1070. The van der Waals surface area contributed by atoms with Gasteiger partial charge in [0.1, 0.15) is 5.56 Å². The average molecular weight is 373 g/mol. The summed E-state index contributed by atoms with van der Waals surface area (Å²) in [7, 11) is 0. The number of benzene rings is 1. The van der Waals surface area contributed by atoms with Crippen LogP contribution in [0.1, 0.15) is 45.6 Å². The second-order valence-electron chi connectivity index (χ2n) is 7.29. The predicted octanol–water partition coefficient (Wildman–Crippen LogP) is 3.36. The minimum atomic E-state index is -0.250. The topological polar surface area (TPSA) is 55.2 Å². The molecule has 0 bridgehead atoms. The van der Waals surface area contributed by atoms with Crippen molar-refractivity contribution in [1.29, 1.82) is 0 Å². The third kappa shape index (κ3) is 3.24. The van der Waals surface area contributed by atoms with Crippen LogP contribution in [-0.2, 0) is 13.0 Å². The van der Waals surface area contributed by atoms with Crippen molar-refractivity contribution in [2.45, 2.75) is 32.9 Å². The van der Waals surface area contributed by atoms with Gasteiger partial charge in [-0.2, -0.15) is 0 Å². The molecule has 0 saturated heterocycles. The minimum absolute atomic E-state index is 0.0526. The van der Waals surface area contributed by atoms with E-state index in [2.05, 4.69) is 17.1 Å². The molecule has 4 rings (SSSR count). The van der Waals surface area contributed by atoms with Crippen molar-refractivity contribution in [3.8, 4) is 0 Å². The van der Waals surface area contributed by atoms with Gasteiger partial charge in [-0.15, -0.1) is 0 Å². The second-order valence-corrected chi connectivity index (χ2v) is 7.29. The Morgan fingerprint density at radius 3 is 2.79 bits per heavy atom. The number of rotatable bonds is 3. The highest BCUT2D eigenvalue weighted by Crippen LogP contribution is 2.30. The van der Waals surface area contributed by atoms with E-state index >= 15 is 0 Å². The number of aromatic nitrogens is 2. The van der Waals surface area contributed by atoms with Gasteiger partial charge in [0.15, 0.2) is 0 Å². The Kier molecular flexibility index (Phi) is 4.82. The lowest BCUT2D eigenvalue weighted by molar-refractivity contribution is 0.0674. The molecule has 1 unspecified atom stereocenters. The molecule has 28 heavy (non-hydrogen) atoms. The van der Waals surface area contributed by atoms with Gasteiger partial charge >= 0.3 is 0 Å². The van der Waals surface area contributed by atoms with Crippen LogP contribution in [0, 0.1) is 6.92 Å². The van der Waals surface area contributed by atoms with Gasteiger partial charge in [-0.3, -0.25) is 14.6 Å².